The number of hydrogen-bond donors (Lipinski definition) is 2. The van der Waals surface area contributed by atoms with Crippen molar-refractivity contribution in [1.29, 1.82) is 0 Å². The number of nitrogens with one attached hydrogen (secondary N) is 2. The summed E-state index contributed by atoms with van der Waals surface area (Å²) in [6.07, 6.45) is 3.65. The lowest BCUT2D eigenvalue weighted by Crippen LogP contribution is -2.15. The Bertz CT molecular complexity index is 1030. The number of nitrogens with zero attached hydrogens (tertiary/aromatic N) is 3. The Hall–Kier alpha value is -3.68. The number of aromatic nitrogens is 3. The topological polar surface area (TPSA) is 101 Å². The van der Waals surface area contributed by atoms with Crippen LogP contribution in [0.5, 0.6) is 11.5 Å². The van der Waals surface area contributed by atoms with Crippen LogP contribution in [0.25, 0.3) is 11.3 Å². The molecule has 0 saturated heterocycles. The number of aromatic amines is 1. The first-order valence-electron chi connectivity index (χ1n) is 9.92. The van der Waals surface area contributed by atoms with Crippen molar-refractivity contribution in [3.63, 3.8) is 0 Å². The molecule has 1 aromatic heterocycles. The normalized spacial score (nSPS) is 10.9. The predicted molar refractivity (Wildman–Crippen MR) is 117 cm³/mol. The third-order valence-corrected chi connectivity index (χ3v) is 4.15. The van der Waals surface area contributed by atoms with Crippen LogP contribution < -0.4 is 20.5 Å². The second kappa shape index (κ2) is 10.8. The summed E-state index contributed by atoms with van der Waals surface area (Å²) in [6.45, 7) is 5.22. The predicted octanol–water partition coefficient (Wildman–Crippen LogP) is 3.86. The van der Waals surface area contributed by atoms with Gasteiger partial charge in [0.25, 0.3) is 5.56 Å². The molecule has 0 fully saturated rings. The average Bonchev–Trinajstić information content (AvgIpc) is 2.76. The van der Waals surface area contributed by atoms with Crippen molar-refractivity contribution in [1.82, 2.24) is 15.2 Å². The van der Waals surface area contributed by atoms with Gasteiger partial charge >= 0.3 is 0 Å². The molecule has 0 unspecified atom stereocenters. The molecular formula is C22H25N5O3. The molecule has 3 rings (SSSR count). The van der Waals surface area contributed by atoms with Crippen molar-refractivity contribution in [2.24, 2.45) is 5.10 Å². The zero-order valence-corrected chi connectivity index (χ0v) is 17.1. The molecule has 0 spiro atoms. The van der Waals surface area contributed by atoms with Crippen molar-refractivity contribution >= 4 is 12.2 Å². The molecule has 1 heterocycles. The largest absolute Gasteiger partial charge is 0.490 e. The minimum absolute atomic E-state index is 0.153. The van der Waals surface area contributed by atoms with Gasteiger partial charge < -0.3 is 9.47 Å². The van der Waals surface area contributed by atoms with Crippen molar-refractivity contribution < 1.29 is 9.47 Å². The van der Waals surface area contributed by atoms with Crippen molar-refractivity contribution in [2.75, 3.05) is 18.6 Å². The molecule has 8 nitrogen and oxygen atoms in total. The Morgan fingerprint density at radius 3 is 2.63 bits per heavy atom. The lowest BCUT2D eigenvalue weighted by molar-refractivity contribution is 0.272. The first-order valence-corrected chi connectivity index (χ1v) is 9.92. The third-order valence-electron chi connectivity index (χ3n) is 4.15. The van der Waals surface area contributed by atoms with Gasteiger partial charge in [0.1, 0.15) is 0 Å². The Morgan fingerprint density at radius 1 is 1.07 bits per heavy atom. The van der Waals surface area contributed by atoms with E-state index in [9.17, 15) is 4.79 Å². The Balaban J connectivity index is 1.68. The number of unbranched alkanes of at least 4 members (excludes halogenated alkanes) is 1. The van der Waals surface area contributed by atoms with Crippen LogP contribution in [0.3, 0.4) is 0 Å². The Morgan fingerprint density at radius 2 is 1.90 bits per heavy atom. The fourth-order valence-corrected chi connectivity index (χ4v) is 2.66. The van der Waals surface area contributed by atoms with Gasteiger partial charge in [0.2, 0.25) is 5.95 Å². The second-order valence-corrected chi connectivity index (χ2v) is 6.43. The van der Waals surface area contributed by atoms with Crippen molar-refractivity contribution in [3.05, 3.63) is 64.4 Å². The fourth-order valence-electron chi connectivity index (χ4n) is 2.66. The van der Waals surface area contributed by atoms with Crippen LogP contribution in [0.4, 0.5) is 5.95 Å². The van der Waals surface area contributed by atoms with Gasteiger partial charge in [-0.05, 0) is 37.1 Å². The summed E-state index contributed by atoms with van der Waals surface area (Å²) in [4.78, 5) is 14.9. The quantitative estimate of drug-likeness (QED) is 0.301. The first-order chi connectivity index (χ1) is 14.7. The number of ether oxygens (including phenoxy) is 2. The standard InChI is InChI=1S/C22H25N5O3/c1-3-5-13-30-18-12-11-16(14-19(18)29-4-2)15-23-26-22-24-21(28)20(25-27-22)17-9-7-6-8-10-17/h6-12,14-15H,3-5,13H2,1-2H3,(H2,24,26,27,28)/b23-15+. The maximum absolute atomic E-state index is 12.3. The zero-order valence-electron chi connectivity index (χ0n) is 17.1. The summed E-state index contributed by atoms with van der Waals surface area (Å²) in [6, 6.07) is 14.7. The van der Waals surface area contributed by atoms with Gasteiger partial charge in [-0.3, -0.25) is 9.78 Å². The number of rotatable bonds is 10. The summed E-state index contributed by atoms with van der Waals surface area (Å²) >= 11 is 0. The molecule has 30 heavy (non-hydrogen) atoms. The molecule has 2 N–H and O–H groups in total. The fraction of sp³-hybridized carbons (Fsp3) is 0.273. The molecule has 0 amide bonds. The van der Waals surface area contributed by atoms with E-state index in [0.717, 1.165) is 18.4 Å². The van der Waals surface area contributed by atoms with Gasteiger partial charge in [0.05, 0.1) is 19.4 Å². The SMILES string of the molecule is CCCCOc1ccc(/C=N/Nc2nnc(-c3ccccc3)c(=O)[nH]2)cc1OCC. The molecule has 0 atom stereocenters. The maximum atomic E-state index is 12.3. The minimum atomic E-state index is -0.346. The molecule has 0 radical (unpaired) electrons. The van der Waals surface area contributed by atoms with E-state index in [1.54, 1.807) is 18.3 Å². The molecule has 0 aliphatic carbocycles. The van der Waals surface area contributed by atoms with Gasteiger partial charge in [-0.2, -0.15) is 5.10 Å². The monoisotopic (exact) mass is 407 g/mol. The summed E-state index contributed by atoms with van der Waals surface area (Å²) in [5.41, 5.74) is 4.11. The first kappa shape index (κ1) is 21.0. The number of benzene rings is 2. The summed E-state index contributed by atoms with van der Waals surface area (Å²) in [7, 11) is 0. The highest BCUT2D eigenvalue weighted by Gasteiger charge is 2.07. The van der Waals surface area contributed by atoms with Gasteiger partial charge in [-0.1, -0.05) is 43.7 Å². The molecular weight excluding hydrogens is 382 g/mol. The summed E-state index contributed by atoms with van der Waals surface area (Å²) in [5, 5.41) is 12.1. The van der Waals surface area contributed by atoms with E-state index in [4.69, 9.17) is 9.47 Å². The minimum Gasteiger partial charge on any atom is -0.490 e. The molecule has 0 bridgehead atoms. The molecule has 0 aliphatic heterocycles. The van der Waals surface area contributed by atoms with E-state index in [1.807, 2.05) is 43.3 Å². The van der Waals surface area contributed by atoms with E-state index in [1.165, 1.54) is 0 Å². The van der Waals surface area contributed by atoms with Gasteiger partial charge in [-0.25, -0.2) is 5.43 Å². The van der Waals surface area contributed by atoms with Gasteiger partial charge in [0.15, 0.2) is 17.2 Å². The molecule has 3 aromatic rings. The Labute approximate surface area is 175 Å². The van der Waals surface area contributed by atoms with Gasteiger partial charge in [0, 0.05) is 5.56 Å². The molecule has 8 heteroatoms. The van der Waals surface area contributed by atoms with E-state index >= 15 is 0 Å². The highest BCUT2D eigenvalue weighted by molar-refractivity contribution is 5.81. The van der Waals surface area contributed by atoms with Crippen LogP contribution in [0, 0.1) is 0 Å². The maximum Gasteiger partial charge on any atom is 0.279 e. The number of hydrazone groups is 1. The van der Waals surface area contributed by atoms with Crippen LogP contribution in [-0.4, -0.2) is 34.6 Å². The second-order valence-electron chi connectivity index (χ2n) is 6.43. The van der Waals surface area contributed by atoms with E-state index < -0.39 is 0 Å². The summed E-state index contributed by atoms with van der Waals surface area (Å²) < 4.78 is 11.4. The van der Waals surface area contributed by atoms with Crippen LogP contribution in [0.2, 0.25) is 0 Å². The van der Waals surface area contributed by atoms with Crippen LogP contribution in [0.1, 0.15) is 32.3 Å². The van der Waals surface area contributed by atoms with Gasteiger partial charge in [-0.15, -0.1) is 10.2 Å². The highest BCUT2D eigenvalue weighted by atomic mass is 16.5. The van der Waals surface area contributed by atoms with Crippen LogP contribution >= 0.6 is 0 Å². The summed E-state index contributed by atoms with van der Waals surface area (Å²) in [5.74, 6) is 1.53. The molecule has 156 valence electrons. The molecule has 0 aliphatic rings. The number of anilines is 1. The third kappa shape index (κ3) is 5.66. The van der Waals surface area contributed by atoms with E-state index in [2.05, 4.69) is 32.6 Å². The Kier molecular flexibility index (Phi) is 7.54. The lowest BCUT2D eigenvalue weighted by Gasteiger charge is -2.12. The van der Waals surface area contributed by atoms with E-state index in [0.29, 0.717) is 30.3 Å². The zero-order chi connectivity index (χ0) is 21.2. The number of H-pyrrole nitrogens is 1. The average molecular weight is 407 g/mol. The number of hydrogen-bond acceptors (Lipinski definition) is 7. The van der Waals surface area contributed by atoms with Crippen LogP contribution in [0.15, 0.2) is 58.4 Å². The molecule has 2 aromatic carbocycles. The van der Waals surface area contributed by atoms with Crippen molar-refractivity contribution in [2.45, 2.75) is 26.7 Å². The van der Waals surface area contributed by atoms with E-state index in [-0.39, 0.29) is 17.2 Å². The van der Waals surface area contributed by atoms with Crippen LogP contribution in [-0.2, 0) is 0 Å². The smallest absolute Gasteiger partial charge is 0.279 e. The highest BCUT2D eigenvalue weighted by Crippen LogP contribution is 2.28. The lowest BCUT2D eigenvalue weighted by atomic mass is 10.2. The van der Waals surface area contributed by atoms with Crippen molar-refractivity contribution in [3.8, 4) is 22.8 Å². The molecule has 0 saturated carbocycles.